The molecule has 0 aliphatic rings. The number of halogens is 1. The lowest BCUT2D eigenvalue weighted by Gasteiger charge is -2.21. The van der Waals surface area contributed by atoms with E-state index in [0.29, 0.717) is 12.0 Å². The van der Waals surface area contributed by atoms with Gasteiger partial charge in [0.1, 0.15) is 5.82 Å². The van der Waals surface area contributed by atoms with Crippen LogP contribution in [0.4, 0.5) is 4.39 Å². The third-order valence-corrected chi connectivity index (χ3v) is 4.16. The Balaban J connectivity index is 1.88. The number of nitrogens with one attached hydrogen (secondary N) is 1. The van der Waals surface area contributed by atoms with Crippen LogP contribution >= 0.6 is 11.3 Å². The van der Waals surface area contributed by atoms with Crippen LogP contribution in [0.5, 0.6) is 0 Å². The third-order valence-electron chi connectivity index (χ3n) is 3.21. The fraction of sp³-hybridized carbons (Fsp3) is 0.375. The van der Waals surface area contributed by atoms with Crippen LogP contribution in [0.1, 0.15) is 30.3 Å². The second-order valence-corrected chi connectivity index (χ2v) is 6.05. The normalized spacial score (nSPS) is 12.8. The van der Waals surface area contributed by atoms with Crippen LogP contribution in [0.3, 0.4) is 0 Å². The van der Waals surface area contributed by atoms with Gasteiger partial charge < -0.3 is 5.32 Å². The van der Waals surface area contributed by atoms with Crippen LogP contribution in [0, 0.1) is 11.7 Å². The molecular weight excluding hydrogens is 257 g/mol. The van der Waals surface area contributed by atoms with Crippen LogP contribution < -0.4 is 5.32 Å². The van der Waals surface area contributed by atoms with Crippen molar-refractivity contribution in [3.8, 4) is 0 Å². The van der Waals surface area contributed by atoms with Crippen molar-refractivity contribution in [1.82, 2.24) is 5.32 Å². The molecule has 0 amide bonds. The Bertz CT molecular complexity index is 476. The molecule has 2 aromatic rings. The first-order chi connectivity index (χ1) is 9.16. The number of hydrogen-bond acceptors (Lipinski definition) is 2. The van der Waals surface area contributed by atoms with Gasteiger partial charge in [-0.2, -0.15) is 0 Å². The molecule has 3 heteroatoms. The quantitative estimate of drug-likeness (QED) is 0.824. The van der Waals surface area contributed by atoms with Crippen molar-refractivity contribution in [2.24, 2.45) is 5.92 Å². The topological polar surface area (TPSA) is 12.0 Å². The number of benzene rings is 1. The van der Waals surface area contributed by atoms with Crippen molar-refractivity contribution in [3.05, 3.63) is 58.0 Å². The van der Waals surface area contributed by atoms with Gasteiger partial charge in [-0.15, -0.1) is 11.3 Å². The van der Waals surface area contributed by atoms with Crippen LogP contribution in [0.15, 0.2) is 41.8 Å². The molecule has 19 heavy (non-hydrogen) atoms. The van der Waals surface area contributed by atoms with Crippen molar-refractivity contribution in [3.63, 3.8) is 0 Å². The fourth-order valence-electron chi connectivity index (χ4n) is 2.16. The first-order valence-electron chi connectivity index (χ1n) is 6.68. The Hall–Kier alpha value is -1.19. The Kier molecular flexibility index (Phi) is 5.11. The van der Waals surface area contributed by atoms with E-state index in [0.717, 1.165) is 13.0 Å². The average molecular weight is 277 g/mol. The van der Waals surface area contributed by atoms with Crippen molar-refractivity contribution >= 4 is 11.3 Å². The highest BCUT2D eigenvalue weighted by atomic mass is 32.1. The molecule has 1 aromatic carbocycles. The van der Waals surface area contributed by atoms with Gasteiger partial charge in [0.15, 0.2) is 0 Å². The predicted molar refractivity (Wildman–Crippen MR) is 80.0 cm³/mol. The summed E-state index contributed by atoms with van der Waals surface area (Å²) in [5.74, 6) is 0.391. The van der Waals surface area contributed by atoms with Gasteiger partial charge in [0.05, 0.1) is 0 Å². The van der Waals surface area contributed by atoms with E-state index in [2.05, 4.69) is 36.7 Å². The van der Waals surface area contributed by atoms with Gasteiger partial charge in [-0.1, -0.05) is 32.0 Å². The maximum atomic E-state index is 12.8. The first kappa shape index (κ1) is 14.2. The zero-order chi connectivity index (χ0) is 13.7. The maximum Gasteiger partial charge on any atom is 0.123 e. The molecule has 1 atom stereocenters. The molecule has 0 fully saturated rings. The zero-order valence-electron chi connectivity index (χ0n) is 11.4. The molecule has 0 saturated carbocycles. The van der Waals surface area contributed by atoms with E-state index in [1.165, 1.54) is 22.6 Å². The lowest BCUT2D eigenvalue weighted by molar-refractivity contribution is 0.420. The first-order valence-corrected chi connectivity index (χ1v) is 7.56. The molecule has 0 bridgehead atoms. The SMILES string of the molecule is CC(C)C(NCCc1ccc(F)cc1)c1cccs1. The van der Waals surface area contributed by atoms with Crippen molar-refractivity contribution in [2.45, 2.75) is 26.3 Å². The number of rotatable bonds is 6. The molecule has 1 N–H and O–H groups in total. The molecule has 0 radical (unpaired) electrons. The Labute approximate surface area is 118 Å². The molecule has 1 nitrogen and oxygen atoms in total. The summed E-state index contributed by atoms with van der Waals surface area (Å²) in [6, 6.07) is 11.4. The van der Waals surface area contributed by atoms with Crippen molar-refractivity contribution < 1.29 is 4.39 Å². The summed E-state index contributed by atoms with van der Waals surface area (Å²) in [6.07, 6.45) is 0.925. The monoisotopic (exact) mass is 277 g/mol. The summed E-state index contributed by atoms with van der Waals surface area (Å²) in [5.41, 5.74) is 1.17. The second kappa shape index (κ2) is 6.83. The second-order valence-electron chi connectivity index (χ2n) is 5.07. The molecule has 1 heterocycles. The van der Waals surface area contributed by atoms with E-state index in [-0.39, 0.29) is 5.82 Å². The molecule has 2 rings (SSSR count). The Morgan fingerprint density at radius 2 is 1.89 bits per heavy atom. The van der Waals surface area contributed by atoms with Gasteiger partial charge in [0, 0.05) is 10.9 Å². The smallest absolute Gasteiger partial charge is 0.123 e. The summed E-state index contributed by atoms with van der Waals surface area (Å²) < 4.78 is 12.8. The zero-order valence-corrected chi connectivity index (χ0v) is 12.2. The highest BCUT2D eigenvalue weighted by Crippen LogP contribution is 2.25. The van der Waals surface area contributed by atoms with Gasteiger partial charge in [-0.25, -0.2) is 4.39 Å². The highest BCUT2D eigenvalue weighted by molar-refractivity contribution is 7.10. The minimum absolute atomic E-state index is 0.171. The highest BCUT2D eigenvalue weighted by Gasteiger charge is 2.15. The van der Waals surface area contributed by atoms with Crippen LogP contribution in [0.25, 0.3) is 0 Å². The molecule has 0 saturated heterocycles. The summed E-state index contributed by atoms with van der Waals surface area (Å²) in [7, 11) is 0. The van der Waals surface area contributed by atoms with Crippen LogP contribution in [0.2, 0.25) is 0 Å². The van der Waals surface area contributed by atoms with Gasteiger partial charge in [-0.3, -0.25) is 0 Å². The van der Waals surface area contributed by atoms with E-state index >= 15 is 0 Å². The molecule has 0 aliphatic carbocycles. The number of thiophene rings is 1. The molecule has 1 unspecified atom stereocenters. The van der Waals surface area contributed by atoms with E-state index in [1.807, 2.05) is 12.1 Å². The summed E-state index contributed by atoms with van der Waals surface area (Å²) in [4.78, 5) is 1.38. The van der Waals surface area contributed by atoms with E-state index < -0.39 is 0 Å². The van der Waals surface area contributed by atoms with Crippen LogP contribution in [-0.4, -0.2) is 6.54 Å². The van der Waals surface area contributed by atoms with Gasteiger partial charge >= 0.3 is 0 Å². The minimum Gasteiger partial charge on any atom is -0.309 e. The lowest BCUT2D eigenvalue weighted by Crippen LogP contribution is -2.27. The molecular formula is C16H20FNS. The average Bonchev–Trinajstić information content (AvgIpc) is 2.90. The Morgan fingerprint density at radius 3 is 2.47 bits per heavy atom. The summed E-state index contributed by atoms with van der Waals surface area (Å²) in [5, 5.41) is 5.72. The minimum atomic E-state index is -0.171. The molecule has 102 valence electrons. The standard InChI is InChI=1S/C16H20FNS/c1-12(2)16(15-4-3-11-19-15)18-10-9-13-5-7-14(17)8-6-13/h3-8,11-12,16,18H,9-10H2,1-2H3. The van der Waals surface area contributed by atoms with Gasteiger partial charge in [0.2, 0.25) is 0 Å². The molecule has 0 aliphatic heterocycles. The number of hydrogen-bond donors (Lipinski definition) is 1. The third kappa shape index (κ3) is 4.15. The van der Waals surface area contributed by atoms with Crippen molar-refractivity contribution in [2.75, 3.05) is 6.54 Å². The van der Waals surface area contributed by atoms with E-state index in [9.17, 15) is 4.39 Å². The van der Waals surface area contributed by atoms with Gasteiger partial charge in [-0.05, 0) is 48.0 Å². The van der Waals surface area contributed by atoms with Crippen LogP contribution in [-0.2, 0) is 6.42 Å². The van der Waals surface area contributed by atoms with E-state index in [4.69, 9.17) is 0 Å². The predicted octanol–water partition coefficient (Wildman–Crippen LogP) is 4.42. The Morgan fingerprint density at radius 1 is 1.16 bits per heavy atom. The summed E-state index contributed by atoms with van der Waals surface area (Å²) >= 11 is 1.80. The van der Waals surface area contributed by atoms with Gasteiger partial charge in [0.25, 0.3) is 0 Å². The molecule has 0 spiro atoms. The largest absolute Gasteiger partial charge is 0.309 e. The molecule has 1 aromatic heterocycles. The fourth-order valence-corrected chi connectivity index (χ4v) is 3.13. The summed E-state index contributed by atoms with van der Waals surface area (Å²) in [6.45, 7) is 5.37. The maximum absolute atomic E-state index is 12.8. The van der Waals surface area contributed by atoms with E-state index in [1.54, 1.807) is 11.3 Å². The lowest BCUT2D eigenvalue weighted by atomic mass is 10.0. The van der Waals surface area contributed by atoms with Crippen molar-refractivity contribution in [1.29, 1.82) is 0 Å².